The Kier molecular flexibility index (Phi) is 4.97. The Bertz CT molecular complexity index is 853. The first-order valence-electron chi connectivity index (χ1n) is 9.04. The molecule has 2 aromatic rings. The molecule has 0 saturated carbocycles. The van der Waals surface area contributed by atoms with Crippen molar-refractivity contribution in [1.29, 1.82) is 0 Å². The molecule has 0 unspecified atom stereocenters. The first kappa shape index (κ1) is 18.1. The minimum atomic E-state index is -0.554. The van der Waals surface area contributed by atoms with Crippen molar-refractivity contribution < 1.29 is 19.4 Å². The number of aryl methyl sites for hydroxylation is 1. The third-order valence-electron chi connectivity index (χ3n) is 5.04. The number of halogens is 1. The van der Waals surface area contributed by atoms with E-state index in [1.807, 2.05) is 13.0 Å². The Morgan fingerprint density at radius 2 is 2.04 bits per heavy atom. The van der Waals surface area contributed by atoms with Crippen LogP contribution in [0.4, 0.5) is 0 Å². The predicted octanol–water partition coefficient (Wildman–Crippen LogP) is 1.75. The molecule has 8 heteroatoms. The fraction of sp³-hybridized carbons (Fsp3) is 0.474. The zero-order valence-electron chi connectivity index (χ0n) is 15.1. The Morgan fingerprint density at radius 3 is 2.74 bits per heavy atom. The van der Waals surface area contributed by atoms with Crippen LogP contribution in [0.3, 0.4) is 0 Å². The fourth-order valence-corrected chi connectivity index (χ4v) is 3.84. The number of aliphatic hydroxyl groups excluding tert-OH is 1. The maximum atomic E-state index is 12.7. The van der Waals surface area contributed by atoms with Crippen LogP contribution in [0.5, 0.6) is 11.5 Å². The Labute approximate surface area is 162 Å². The Morgan fingerprint density at radius 1 is 1.30 bits per heavy atom. The predicted molar refractivity (Wildman–Crippen MR) is 99.3 cm³/mol. The largest absolute Gasteiger partial charge is 0.486 e. The number of fused-ring (bicyclic) bond motifs is 1. The number of hydrogen-bond acceptors (Lipinski definition) is 5. The third kappa shape index (κ3) is 3.89. The molecular weight excluding hydrogens is 370 g/mol. The summed E-state index contributed by atoms with van der Waals surface area (Å²) in [6, 6.07) is 5.43. The number of carbonyl (C=O) groups is 1. The number of benzene rings is 1. The topological polar surface area (TPSA) is 87.7 Å². The van der Waals surface area contributed by atoms with Gasteiger partial charge in [0, 0.05) is 35.8 Å². The maximum absolute atomic E-state index is 12.7. The van der Waals surface area contributed by atoms with E-state index in [-0.39, 0.29) is 18.2 Å². The second-order valence-electron chi connectivity index (χ2n) is 7.14. The number of hydrogen-bond donors (Lipinski definition) is 2. The van der Waals surface area contributed by atoms with E-state index in [4.69, 9.17) is 21.1 Å². The van der Waals surface area contributed by atoms with Crippen LogP contribution in [0.2, 0.25) is 5.02 Å². The van der Waals surface area contributed by atoms with Gasteiger partial charge < -0.3 is 19.5 Å². The van der Waals surface area contributed by atoms with E-state index in [9.17, 15) is 9.90 Å². The average molecular weight is 392 g/mol. The summed E-state index contributed by atoms with van der Waals surface area (Å²) in [6.45, 7) is 3.75. The molecule has 1 saturated heterocycles. The summed E-state index contributed by atoms with van der Waals surface area (Å²) < 4.78 is 11.1. The minimum absolute atomic E-state index is 0.0209. The lowest BCUT2D eigenvalue weighted by Crippen LogP contribution is -2.31. The van der Waals surface area contributed by atoms with Crippen LogP contribution in [-0.2, 0) is 17.6 Å². The van der Waals surface area contributed by atoms with Crippen molar-refractivity contribution >= 4 is 17.5 Å². The first-order chi connectivity index (χ1) is 13.0. The van der Waals surface area contributed by atoms with E-state index in [2.05, 4.69) is 10.2 Å². The number of aromatic amines is 1. The highest BCUT2D eigenvalue weighted by Crippen LogP contribution is 2.36. The summed E-state index contributed by atoms with van der Waals surface area (Å²) >= 11 is 6.31. The molecule has 2 aliphatic heterocycles. The number of β-amino-alcohol motifs (C(OH)–C–C–N with tert-alkyl or cyclic N) is 1. The number of amides is 1. The summed E-state index contributed by atoms with van der Waals surface area (Å²) in [7, 11) is 0. The van der Waals surface area contributed by atoms with Crippen LogP contribution < -0.4 is 9.47 Å². The van der Waals surface area contributed by atoms with Crippen molar-refractivity contribution in [1.82, 2.24) is 15.1 Å². The fourth-order valence-electron chi connectivity index (χ4n) is 3.62. The van der Waals surface area contributed by atoms with Crippen molar-refractivity contribution in [3.8, 4) is 11.5 Å². The van der Waals surface area contributed by atoms with Gasteiger partial charge in [0.05, 0.1) is 18.2 Å². The lowest BCUT2D eigenvalue weighted by atomic mass is 10.0. The highest BCUT2D eigenvalue weighted by molar-refractivity contribution is 6.31. The number of carbonyl (C=O) groups excluding carboxylic acids is 1. The van der Waals surface area contributed by atoms with Crippen LogP contribution in [0.15, 0.2) is 18.2 Å². The quantitative estimate of drug-likeness (QED) is 0.829. The molecule has 7 nitrogen and oxygen atoms in total. The van der Waals surface area contributed by atoms with Gasteiger partial charge in [-0.15, -0.1) is 0 Å². The molecule has 1 aromatic heterocycles. The summed E-state index contributed by atoms with van der Waals surface area (Å²) in [6.07, 6.45) is 0.248. The van der Waals surface area contributed by atoms with Crippen LogP contribution in [0, 0.1) is 12.8 Å². The summed E-state index contributed by atoms with van der Waals surface area (Å²) in [5, 5.41) is 18.0. The molecule has 2 atom stereocenters. The molecule has 0 bridgehead atoms. The zero-order chi connectivity index (χ0) is 19.0. The van der Waals surface area contributed by atoms with Crippen LogP contribution in [0.25, 0.3) is 0 Å². The van der Waals surface area contributed by atoms with Gasteiger partial charge in [0.1, 0.15) is 13.2 Å². The molecule has 0 aliphatic carbocycles. The van der Waals surface area contributed by atoms with Gasteiger partial charge in [-0.25, -0.2) is 0 Å². The van der Waals surface area contributed by atoms with Crippen LogP contribution >= 0.6 is 11.6 Å². The number of H-pyrrole nitrogens is 1. The molecule has 1 fully saturated rings. The van der Waals surface area contributed by atoms with E-state index < -0.39 is 6.10 Å². The molecule has 0 spiro atoms. The van der Waals surface area contributed by atoms with Gasteiger partial charge in [0.25, 0.3) is 0 Å². The molecular formula is C19H22ClN3O4. The summed E-state index contributed by atoms with van der Waals surface area (Å²) in [4.78, 5) is 14.4. The van der Waals surface area contributed by atoms with Crippen molar-refractivity contribution in [3.63, 3.8) is 0 Å². The highest BCUT2D eigenvalue weighted by atomic mass is 35.5. The van der Waals surface area contributed by atoms with Crippen molar-refractivity contribution in [2.45, 2.75) is 25.9 Å². The highest BCUT2D eigenvalue weighted by Gasteiger charge is 2.34. The van der Waals surface area contributed by atoms with Crippen molar-refractivity contribution in [3.05, 3.63) is 40.2 Å². The Balaban J connectivity index is 1.41. The monoisotopic (exact) mass is 391 g/mol. The smallest absolute Gasteiger partial charge is 0.227 e. The normalized spacial score (nSPS) is 21.5. The van der Waals surface area contributed by atoms with E-state index in [1.165, 1.54) is 0 Å². The van der Waals surface area contributed by atoms with Gasteiger partial charge in [0.15, 0.2) is 11.5 Å². The van der Waals surface area contributed by atoms with Crippen molar-refractivity contribution in [2.24, 2.45) is 5.92 Å². The average Bonchev–Trinajstić information content (AvgIpc) is 3.21. The minimum Gasteiger partial charge on any atom is -0.486 e. The number of aromatic nitrogens is 2. The maximum Gasteiger partial charge on any atom is 0.227 e. The first-order valence-corrected chi connectivity index (χ1v) is 9.42. The molecule has 0 radical (unpaired) electrons. The SMILES string of the molecule is Cc1cc(C[C@@H]2CN(C(=O)Cc3cc4c(cc3Cl)OCCO4)C[C@H]2O)n[nH]1. The van der Waals surface area contributed by atoms with Crippen LogP contribution in [-0.4, -0.2) is 58.5 Å². The second-order valence-corrected chi connectivity index (χ2v) is 7.54. The lowest BCUT2D eigenvalue weighted by molar-refractivity contribution is -0.129. The summed E-state index contributed by atoms with van der Waals surface area (Å²) in [5.41, 5.74) is 2.59. The molecule has 3 heterocycles. The van der Waals surface area contributed by atoms with Gasteiger partial charge in [-0.05, 0) is 31.0 Å². The van der Waals surface area contributed by atoms with E-state index in [0.717, 1.165) is 11.4 Å². The number of nitrogens with zero attached hydrogens (tertiary/aromatic N) is 2. The number of nitrogens with one attached hydrogen (secondary N) is 1. The molecule has 2 aliphatic rings. The van der Waals surface area contributed by atoms with E-state index in [0.29, 0.717) is 54.8 Å². The number of likely N-dealkylation sites (tertiary alicyclic amines) is 1. The van der Waals surface area contributed by atoms with Gasteiger partial charge >= 0.3 is 0 Å². The Hall–Kier alpha value is -2.25. The van der Waals surface area contributed by atoms with E-state index in [1.54, 1.807) is 17.0 Å². The van der Waals surface area contributed by atoms with Crippen molar-refractivity contribution in [2.75, 3.05) is 26.3 Å². The number of ether oxygens (including phenoxy) is 2. The lowest BCUT2D eigenvalue weighted by Gasteiger charge is -2.21. The number of aliphatic hydroxyl groups is 1. The van der Waals surface area contributed by atoms with Gasteiger partial charge in [0.2, 0.25) is 5.91 Å². The molecule has 1 aromatic carbocycles. The van der Waals surface area contributed by atoms with Gasteiger partial charge in [-0.2, -0.15) is 5.10 Å². The van der Waals surface area contributed by atoms with Gasteiger partial charge in [-0.1, -0.05) is 11.6 Å². The van der Waals surface area contributed by atoms with Crippen LogP contribution in [0.1, 0.15) is 17.0 Å². The molecule has 27 heavy (non-hydrogen) atoms. The molecule has 2 N–H and O–H groups in total. The summed E-state index contributed by atoms with van der Waals surface area (Å²) in [5.74, 6) is 1.14. The molecule has 144 valence electrons. The third-order valence-corrected chi connectivity index (χ3v) is 5.39. The number of rotatable bonds is 4. The molecule has 4 rings (SSSR count). The van der Waals surface area contributed by atoms with E-state index >= 15 is 0 Å². The van der Waals surface area contributed by atoms with Gasteiger partial charge in [-0.3, -0.25) is 9.89 Å². The zero-order valence-corrected chi connectivity index (χ0v) is 15.8. The standard InChI is InChI=1S/C19H22ClN3O4/c1-11-4-14(22-21-11)5-13-9-23(10-16(13)24)19(25)7-12-6-17-18(8-15(12)20)27-3-2-26-17/h4,6,8,13,16,24H,2-3,5,7,9-10H2,1H3,(H,21,22)/t13-,16-/m1/s1. The second kappa shape index (κ2) is 7.40. The molecule has 1 amide bonds.